The van der Waals surface area contributed by atoms with Crippen molar-refractivity contribution in [3.63, 3.8) is 0 Å². The first-order valence-corrected chi connectivity index (χ1v) is 8.74. The Bertz CT molecular complexity index is 706. The predicted molar refractivity (Wildman–Crippen MR) is 99.5 cm³/mol. The van der Waals surface area contributed by atoms with E-state index in [1.54, 1.807) is 18.2 Å². The van der Waals surface area contributed by atoms with Crippen LogP contribution in [0.25, 0.3) is 6.08 Å². The van der Waals surface area contributed by atoms with Crippen molar-refractivity contribution < 1.29 is 14.1 Å². The molecular weight excluding hydrogens is 315 g/mol. The van der Waals surface area contributed by atoms with Crippen LogP contribution in [0, 0.1) is 5.82 Å². The quantitative estimate of drug-likeness (QED) is 0.711. The Hall–Kier alpha value is -2.46. The number of carbonyl (C=O) groups excluding carboxylic acids is 1. The molecule has 0 spiro atoms. The molecule has 0 saturated heterocycles. The second-order valence-corrected chi connectivity index (χ2v) is 6.01. The number of hydrogen-bond donors (Lipinski definition) is 2. The molecule has 0 atom stereocenters. The Kier molecular flexibility index (Phi) is 7.36. The molecule has 2 aromatic carbocycles. The van der Waals surface area contributed by atoms with E-state index < -0.39 is 0 Å². The monoisotopic (exact) mass is 341 g/mol. The van der Waals surface area contributed by atoms with Crippen LogP contribution in [0.3, 0.4) is 0 Å². The van der Waals surface area contributed by atoms with Crippen molar-refractivity contribution in [2.24, 2.45) is 0 Å². The zero-order chi connectivity index (χ0) is 18.1. The fourth-order valence-corrected chi connectivity index (χ4v) is 2.66. The van der Waals surface area contributed by atoms with Gasteiger partial charge in [-0.1, -0.05) is 36.4 Å². The van der Waals surface area contributed by atoms with Crippen LogP contribution in [0.2, 0.25) is 0 Å². The highest BCUT2D eigenvalue weighted by Gasteiger charge is 2.09. The third-order valence-electron chi connectivity index (χ3n) is 4.31. The van der Waals surface area contributed by atoms with E-state index in [1.165, 1.54) is 28.7 Å². The van der Waals surface area contributed by atoms with E-state index in [0.29, 0.717) is 6.54 Å². The number of carbonyl (C=O) groups is 1. The van der Waals surface area contributed by atoms with E-state index in [9.17, 15) is 9.18 Å². The van der Waals surface area contributed by atoms with E-state index in [0.717, 1.165) is 30.8 Å². The maximum absolute atomic E-state index is 12.9. The van der Waals surface area contributed by atoms with Gasteiger partial charge in [-0.2, -0.15) is 0 Å². The van der Waals surface area contributed by atoms with Crippen molar-refractivity contribution in [2.45, 2.75) is 26.9 Å². The Balaban J connectivity index is 1.94. The number of halogens is 1. The van der Waals surface area contributed by atoms with Crippen LogP contribution in [-0.2, 0) is 17.9 Å². The molecule has 132 valence electrons. The number of benzene rings is 2. The van der Waals surface area contributed by atoms with Gasteiger partial charge in [-0.15, -0.1) is 0 Å². The third-order valence-corrected chi connectivity index (χ3v) is 4.31. The van der Waals surface area contributed by atoms with Crippen LogP contribution < -0.4 is 10.2 Å². The maximum atomic E-state index is 12.9. The van der Waals surface area contributed by atoms with Gasteiger partial charge in [-0.3, -0.25) is 4.79 Å². The molecule has 0 bridgehead atoms. The van der Waals surface area contributed by atoms with Crippen molar-refractivity contribution in [2.75, 3.05) is 13.1 Å². The van der Waals surface area contributed by atoms with E-state index >= 15 is 0 Å². The molecule has 0 fully saturated rings. The van der Waals surface area contributed by atoms with Gasteiger partial charge in [-0.25, -0.2) is 4.39 Å². The molecule has 0 radical (unpaired) electrons. The van der Waals surface area contributed by atoms with Gasteiger partial charge in [0, 0.05) is 18.2 Å². The number of hydrogen-bond acceptors (Lipinski definition) is 1. The Morgan fingerprint density at radius 3 is 2.32 bits per heavy atom. The second kappa shape index (κ2) is 9.74. The first-order chi connectivity index (χ1) is 12.1. The van der Waals surface area contributed by atoms with E-state index in [1.807, 2.05) is 12.1 Å². The molecule has 4 heteroatoms. The lowest BCUT2D eigenvalue weighted by molar-refractivity contribution is -0.910. The molecule has 1 amide bonds. The zero-order valence-corrected chi connectivity index (χ0v) is 14.9. The van der Waals surface area contributed by atoms with E-state index in [4.69, 9.17) is 0 Å². The summed E-state index contributed by atoms with van der Waals surface area (Å²) in [6.45, 7) is 8.00. The molecule has 0 saturated carbocycles. The van der Waals surface area contributed by atoms with Gasteiger partial charge in [0.2, 0.25) is 5.91 Å². The number of amides is 1. The summed E-state index contributed by atoms with van der Waals surface area (Å²) in [7, 11) is 0. The van der Waals surface area contributed by atoms with Crippen LogP contribution in [0.4, 0.5) is 4.39 Å². The van der Waals surface area contributed by atoms with Gasteiger partial charge in [0.1, 0.15) is 12.4 Å². The fourth-order valence-electron chi connectivity index (χ4n) is 2.66. The number of rotatable bonds is 8. The topological polar surface area (TPSA) is 33.5 Å². The highest BCUT2D eigenvalue weighted by atomic mass is 19.1. The zero-order valence-electron chi connectivity index (χ0n) is 14.9. The summed E-state index contributed by atoms with van der Waals surface area (Å²) >= 11 is 0. The molecule has 2 aromatic rings. The summed E-state index contributed by atoms with van der Waals surface area (Å²) in [6.07, 6.45) is 3.16. The van der Waals surface area contributed by atoms with Crippen molar-refractivity contribution in [3.8, 4) is 0 Å². The standard InChI is InChI=1S/C21H25FN2O/c1-3-24(4-2)16-19-8-6-5-7-18(19)15-23-21(25)14-11-17-9-12-20(22)13-10-17/h5-14H,3-4,15-16H2,1-2H3,(H,23,25)/p+1/b14-11+. The van der Waals surface area contributed by atoms with Crippen molar-refractivity contribution in [1.82, 2.24) is 5.32 Å². The smallest absolute Gasteiger partial charge is 0.244 e. The summed E-state index contributed by atoms with van der Waals surface area (Å²) in [5.41, 5.74) is 3.21. The molecule has 3 nitrogen and oxygen atoms in total. The van der Waals surface area contributed by atoms with E-state index in [-0.39, 0.29) is 11.7 Å². The van der Waals surface area contributed by atoms with Crippen LogP contribution in [-0.4, -0.2) is 19.0 Å². The minimum atomic E-state index is -0.284. The average molecular weight is 341 g/mol. The summed E-state index contributed by atoms with van der Waals surface area (Å²) in [6, 6.07) is 14.3. The molecule has 0 aromatic heterocycles. The first-order valence-electron chi connectivity index (χ1n) is 8.74. The summed E-state index contributed by atoms with van der Waals surface area (Å²) in [5.74, 6) is -0.442. The van der Waals surface area contributed by atoms with Gasteiger partial charge in [-0.05, 0) is 43.2 Å². The van der Waals surface area contributed by atoms with Crippen molar-refractivity contribution in [3.05, 3.63) is 77.1 Å². The van der Waals surface area contributed by atoms with Crippen LogP contribution in [0.5, 0.6) is 0 Å². The van der Waals surface area contributed by atoms with Gasteiger partial charge in [0.05, 0.1) is 13.1 Å². The predicted octanol–water partition coefficient (Wildman–Crippen LogP) is 2.58. The Morgan fingerprint density at radius 2 is 1.68 bits per heavy atom. The lowest BCUT2D eigenvalue weighted by atomic mass is 10.1. The Morgan fingerprint density at radius 1 is 1.04 bits per heavy atom. The SMILES string of the molecule is CC[NH+](CC)Cc1ccccc1CNC(=O)/C=C/c1ccc(F)cc1. The molecule has 0 aliphatic rings. The average Bonchev–Trinajstić information content (AvgIpc) is 2.64. The lowest BCUT2D eigenvalue weighted by Gasteiger charge is -2.17. The molecular formula is C21H26FN2O+. The fraction of sp³-hybridized carbons (Fsp3) is 0.286. The van der Waals surface area contributed by atoms with Crippen molar-refractivity contribution >= 4 is 12.0 Å². The van der Waals surface area contributed by atoms with Crippen molar-refractivity contribution in [1.29, 1.82) is 0 Å². The molecule has 2 N–H and O–H groups in total. The largest absolute Gasteiger partial charge is 0.348 e. The van der Waals surface area contributed by atoms with Gasteiger partial charge in [0.25, 0.3) is 0 Å². The second-order valence-electron chi connectivity index (χ2n) is 6.01. The molecule has 25 heavy (non-hydrogen) atoms. The van der Waals surface area contributed by atoms with Gasteiger partial charge in [0.15, 0.2) is 0 Å². The maximum Gasteiger partial charge on any atom is 0.244 e. The van der Waals surface area contributed by atoms with Gasteiger partial charge >= 0.3 is 0 Å². The summed E-state index contributed by atoms with van der Waals surface area (Å²) in [4.78, 5) is 13.5. The first kappa shape index (κ1) is 18.9. The van der Waals surface area contributed by atoms with E-state index in [2.05, 4.69) is 31.3 Å². The highest BCUT2D eigenvalue weighted by molar-refractivity contribution is 5.91. The molecule has 0 unspecified atom stereocenters. The third kappa shape index (κ3) is 6.16. The summed E-state index contributed by atoms with van der Waals surface area (Å²) in [5, 5.41) is 2.92. The van der Waals surface area contributed by atoms with Gasteiger partial charge < -0.3 is 10.2 Å². The molecule has 0 heterocycles. The molecule has 0 aliphatic heterocycles. The molecule has 0 aliphatic carbocycles. The van der Waals surface area contributed by atoms with Crippen LogP contribution >= 0.6 is 0 Å². The number of nitrogens with one attached hydrogen (secondary N) is 2. The summed E-state index contributed by atoms with van der Waals surface area (Å²) < 4.78 is 12.9. The minimum absolute atomic E-state index is 0.158. The lowest BCUT2D eigenvalue weighted by Crippen LogP contribution is -3.10. The van der Waals surface area contributed by atoms with Crippen LogP contribution in [0.1, 0.15) is 30.5 Å². The molecule has 2 rings (SSSR count). The minimum Gasteiger partial charge on any atom is -0.348 e. The number of quaternary nitrogens is 1. The Labute approximate surface area is 149 Å². The normalized spacial score (nSPS) is 11.2. The highest BCUT2D eigenvalue weighted by Crippen LogP contribution is 2.08. The van der Waals surface area contributed by atoms with Crippen LogP contribution in [0.15, 0.2) is 54.6 Å².